The van der Waals surface area contributed by atoms with E-state index >= 15 is 0 Å². The van der Waals surface area contributed by atoms with E-state index in [4.69, 9.17) is 0 Å². The highest BCUT2D eigenvalue weighted by molar-refractivity contribution is 7.25. The van der Waals surface area contributed by atoms with Crippen molar-refractivity contribution in [2.24, 2.45) is 0 Å². The largest absolute Gasteiger partial charge is 0.310 e. The highest BCUT2D eigenvalue weighted by Crippen LogP contribution is 2.65. The number of anilines is 3. The summed E-state index contributed by atoms with van der Waals surface area (Å²) in [5, 5.41) is 10.3. The maximum atomic E-state index is 2.56. The first-order valence-electron chi connectivity index (χ1n) is 19.8. The van der Waals surface area contributed by atoms with Crippen LogP contribution in [0.3, 0.4) is 0 Å². The molecule has 0 bridgehead atoms. The predicted octanol–water partition coefficient (Wildman–Crippen LogP) is 15.3. The summed E-state index contributed by atoms with van der Waals surface area (Å²) < 4.78 is 2.60. The monoisotopic (exact) mass is 739 g/mol. The predicted molar refractivity (Wildman–Crippen MR) is 243 cm³/mol. The molecule has 0 radical (unpaired) electrons. The highest BCUT2D eigenvalue weighted by atomic mass is 32.1. The van der Waals surface area contributed by atoms with Crippen molar-refractivity contribution in [3.05, 3.63) is 222 Å². The lowest BCUT2D eigenvalue weighted by Crippen LogP contribution is -2.28. The van der Waals surface area contributed by atoms with E-state index in [-0.39, 0.29) is 0 Å². The van der Waals surface area contributed by atoms with Crippen LogP contribution >= 0.6 is 11.3 Å². The van der Waals surface area contributed by atoms with E-state index in [2.05, 4.69) is 205 Å². The van der Waals surface area contributed by atoms with Crippen LogP contribution in [-0.4, -0.2) is 0 Å². The first kappa shape index (κ1) is 31.2. The Balaban J connectivity index is 1.16. The molecule has 0 amide bonds. The number of rotatable bonds is 3. The third-order valence-electron chi connectivity index (χ3n) is 12.8. The lowest BCUT2D eigenvalue weighted by Gasteiger charge is -2.36. The number of hydrogen-bond acceptors (Lipinski definition) is 2. The summed E-state index contributed by atoms with van der Waals surface area (Å²) >= 11 is 1.88. The molecule has 1 spiro atoms. The van der Waals surface area contributed by atoms with E-state index in [0.717, 1.165) is 11.4 Å². The summed E-state index contributed by atoms with van der Waals surface area (Å²) in [5.74, 6) is 0. The van der Waals surface area contributed by atoms with Gasteiger partial charge in [0, 0.05) is 37.1 Å². The van der Waals surface area contributed by atoms with Gasteiger partial charge in [-0.1, -0.05) is 164 Å². The summed E-state index contributed by atoms with van der Waals surface area (Å²) in [6.07, 6.45) is 0. The molecule has 1 nitrogen and oxygen atoms in total. The topological polar surface area (TPSA) is 3.24 Å². The Kier molecular flexibility index (Phi) is 6.31. The van der Waals surface area contributed by atoms with Crippen molar-refractivity contribution in [2.75, 3.05) is 4.90 Å². The average molecular weight is 740 g/mol. The van der Waals surface area contributed by atoms with E-state index in [9.17, 15) is 0 Å². The van der Waals surface area contributed by atoms with Crippen molar-refractivity contribution in [1.29, 1.82) is 0 Å². The minimum Gasteiger partial charge on any atom is -0.310 e. The molecule has 2 aliphatic rings. The van der Waals surface area contributed by atoms with Gasteiger partial charge in [-0.25, -0.2) is 0 Å². The second-order valence-corrected chi connectivity index (χ2v) is 16.6. The molecule has 1 heterocycles. The van der Waals surface area contributed by atoms with Gasteiger partial charge in [-0.15, -0.1) is 11.3 Å². The van der Waals surface area contributed by atoms with Gasteiger partial charge in [0.1, 0.15) is 0 Å². The maximum absolute atomic E-state index is 2.56. The zero-order chi connectivity index (χ0) is 37.2. The van der Waals surface area contributed by atoms with E-state index in [1.165, 1.54) is 103 Å². The van der Waals surface area contributed by atoms with Crippen LogP contribution in [0.2, 0.25) is 0 Å². The van der Waals surface area contributed by atoms with Crippen molar-refractivity contribution >= 4 is 80.9 Å². The van der Waals surface area contributed by atoms with Crippen LogP contribution < -0.4 is 4.90 Å². The third-order valence-corrected chi connectivity index (χ3v) is 14.0. The lowest BCUT2D eigenvalue weighted by molar-refractivity contribution is 0.793. The van der Waals surface area contributed by atoms with Crippen LogP contribution in [0.1, 0.15) is 22.3 Å². The summed E-state index contributed by atoms with van der Waals surface area (Å²) in [6, 6.07) is 75.2. The second kappa shape index (κ2) is 11.5. The Morgan fingerprint density at radius 3 is 1.39 bits per heavy atom. The fraction of sp³-hybridized carbons (Fsp3) is 0.0182. The Hall–Kier alpha value is -7.00. The molecule has 2 aliphatic carbocycles. The molecule has 0 saturated carbocycles. The number of thiophene rings is 1. The Labute approximate surface area is 334 Å². The molecule has 10 aromatic carbocycles. The van der Waals surface area contributed by atoms with Crippen molar-refractivity contribution in [3.8, 4) is 22.3 Å². The van der Waals surface area contributed by atoms with Crippen molar-refractivity contribution < 1.29 is 0 Å². The van der Waals surface area contributed by atoms with Crippen LogP contribution in [0.5, 0.6) is 0 Å². The smallest absolute Gasteiger partial charge is 0.0746 e. The van der Waals surface area contributed by atoms with Crippen LogP contribution in [0.25, 0.3) is 74.7 Å². The number of benzene rings is 10. The molecule has 0 atom stereocenters. The molecule has 1 aromatic heterocycles. The number of fused-ring (bicyclic) bond motifs is 19. The molecular weight excluding hydrogens is 707 g/mol. The van der Waals surface area contributed by atoms with Gasteiger partial charge in [0.25, 0.3) is 0 Å². The van der Waals surface area contributed by atoms with Gasteiger partial charge in [0.2, 0.25) is 0 Å². The Morgan fingerprint density at radius 1 is 0.316 bits per heavy atom. The van der Waals surface area contributed by atoms with Gasteiger partial charge < -0.3 is 4.90 Å². The summed E-state index contributed by atoms with van der Waals surface area (Å²) in [4.78, 5) is 2.56. The molecular formula is C55H33NS. The second-order valence-electron chi connectivity index (χ2n) is 15.5. The number of hydrogen-bond donors (Lipinski definition) is 0. The zero-order valence-electron chi connectivity index (χ0n) is 30.9. The third kappa shape index (κ3) is 4.07. The maximum Gasteiger partial charge on any atom is 0.0746 e. The standard InChI is InChI=1S/C55H33NS/c1-2-16-38-36(14-1)37-15-3-4-17-39(37)47-32-34(28-30-40(38)47)56(35-29-31-45-44-21-8-12-27-52(44)57-53(45)33-35)51-26-13-22-46-43-20-7-11-25-50(43)55(54(46)51)48-23-9-5-18-41(48)42-19-6-10-24-49(42)55/h1-33H. The van der Waals surface area contributed by atoms with E-state index in [1.807, 2.05) is 11.3 Å². The van der Waals surface area contributed by atoms with Crippen LogP contribution in [0.4, 0.5) is 17.1 Å². The quantitative estimate of drug-likeness (QED) is 0.163. The fourth-order valence-electron chi connectivity index (χ4n) is 10.6. The zero-order valence-corrected chi connectivity index (χ0v) is 31.7. The summed E-state index contributed by atoms with van der Waals surface area (Å²) in [5.41, 5.74) is 13.6. The molecule has 0 aliphatic heterocycles. The van der Waals surface area contributed by atoms with Gasteiger partial charge in [-0.3, -0.25) is 0 Å². The molecule has 2 heteroatoms. The first-order chi connectivity index (χ1) is 28.3. The van der Waals surface area contributed by atoms with Crippen molar-refractivity contribution in [2.45, 2.75) is 5.41 Å². The fourth-order valence-corrected chi connectivity index (χ4v) is 11.8. The molecule has 264 valence electrons. The van der Waals surface area contributed by atoms with Crippen molar-refractivity contribution in [1.82, 2.24) is 0 Å². The summed E-state index contributed by atoms with van der Waals surface area (Å²) in [7, 11) is 0. The van der Waals surface area contributed by atoms with Crippen LogP contribution in [0.15, 0.2) is 200 Å². The lowest BCUT2D eigenvalue weighted by atomic mass is 9.70. The molecule has 0 unspecified atom stereocenters. The van der Waals surface area contributed by atoms with Gasteiger partial charge in [0.15, 0.2) is 0 Å². The van der Waals surface area contributed by atoms with Crippen LogP contribution in [-0.2, 0) is 5.41 Å². The first-order valence-corrected chi connectivity index (χ1v) is 20.6. The minimum absolute atomic E-state index is 0.491. The Bertz CT molecular complexity index is 3400. The molecule has 11 aromatic rings. The highest BCUT2D eigenvalue weighted by Gasteiger charge is 2.53. The molecule has 0 N–H and O–H groups in total. The molecule has 0 saturated heterocycles. The number of nitrogens with zero attached hydrogens (tertiary/aromatic N) is 1. The SMILES string of the molecule is c1ccc2c(c1)-c1ccccc1C21c2ccccc2-c2cccc(N(c3ccc4c(c3)sc3ccccc34)c3ccc4c5ccccc5c5ccccc5c4c3)c21. The van der Waals surface area contributed by atoms with E-state index < -0.39 is 5.41 Å². The summed E-state index contributed by atoms with van der Waals surface area (Å²) in [6.45, 7) is 0. The van der Waals surface area contributed by atoms with Gasteiger partial charge >= 0.3 is 0 Å². The van der Waals surface area contributed by atoms with Gasteiger partial charge in [-0.05, 0) is 108 Å². The van der Waals surface area contributed by atoms with Crippen molar-refractivity contribution in [3.63, 3.8) is 0 Å². The van der Waals surface area contributed by atoms with E-state index in [1.54, 1.807) is 0 Å². The Morgan fingerprint density at radius 2 is 0.754 bits per heavy atom. The van der Waals surface area contributed by atoms with Gasteiger partial charge in [0.05, 0.1) is 11.1 Å². The molecule has 13 rings (SSSR count). The molecule has 0 fully saturated rings. The average Bonchev–Trinajstić information content (AvgIpc) is 3.91. The van der Waals surface area contributed by atoms with Crippen LogP contribution in [0, 0.1) is 0 Å². The molecule has 57 heavy (non-hydrogen) atoms. The van der Waals surface area contributed by atoms with Gasteiger partial charge in [-0.2, -0.15) is 0 Å². The van der Waals surface area contributed by atoms with E-state index in [0.29, 0.717) is 0 Å². The minimum atomic E-state index is -0.491. The normalized spacial score (nSPS) is 13.4.